The number of anilines is 2. The van der Waals surface area contributed by atoms with Crippen molar-refractivity contribution in [3.63, 3.8) is 0 Å². The fourth-order valence-corrected chi connectivity index (χ4v) is 3.11. The zero-order valence-electron chi connectivity index (χ0n) is 14.5. The quantitative estimate of drug-likeness (QED) is 0.868. The Bertz CT molecular complexity index is 779. The van der Waals surface area contributed by atoms with E-state index in [4.69, 9.17) is 16.3 Å². The van der Waals surface area contributed by atoms with Gasteiger partial charge in [-0.2, -0.15) is 0 Å². The summed E-state index contributed by atoms with van der Waals surface area (Å²) in [5.41, 5.74) is 1.26. The van der Waals surface area contributed by atoms with Gasteiger partial charge in [0.15, 0.2) is 0 Å². The third kappa shape index (κ3) is 4.65. The fraction of sp³-hybridized carbons (Fsp3) is 0.316. The van der Waals surface area contributed by atoms with Gasteiger partial charge in [-0.05, 0) is 30.3 Å². The summed E-state index contributed by atoms with van der Waals surface area (Å²) in [5, 5.41) is 2.90. The zero-order valence-corrected chi connectivity index (χ0v) is 15.3. The van der Waals surface area contributed by atoms with Crippen LogP contribution in [0.2, 0.25) is 5.02 Å². The van der Waals surface area contributed by atoms with Gasteiger partial charge < -0.3 is 15.0 Å². The lowest BCUT2D eigenvalue weighted by Gasteiger charge is -2.35. The number of nitrogens with one attached hydrogen (secondary N) is 1. The van der Waals surface area contributed by atoms with Crippen molar-refractivity contribution in [2.45, 2.75) is 0 Å². The molecule has 0 aliphatic carbocycles. The normalized spacial score (nSPS) is 15.0. The molecule has 3 rings (SSSR count). The SMILES string of the molecule is COc1cccc(N2CCN(CC(=O)Nc3ccc(Cl)cc3F)CC2)c1. The fourth-order valence-electron chi connectivity index (χ4n) is 2.96. The molecule has 2 aromatic carbocycles. The molecule has 1 fully saturated rings. The van der Waals surface area contributed by atoms with E-state index >= 15 is 0 Å². The van der Waals surface area contributed by atoms with Crippen LogP contribution in [0.4, 0.5) is 15.8 Å². The Morgan fingerprint density at radius 1 is 1.19 bits per heavy atom. The first-order chi connectivity index (χ1) is 12.5. The third-order valence-electron chi connectivity index (χ3n) is 4.36. The van der Waals surface area contributed by atoms with Gasteiger partial charge in [0.1, 0.15) is 11.6 Å². The molecular weight excluding hydrogens is 357 g/mol. The van der Waals surface area contributed by atoms with Crippen molar-refractivity contribution in [3.8, 4) is 5.75 Å². The monoisotopic (exact) mass is 377 g/mol. The summed E-state index contributed by atoms with van der Waals surface area (Å²) in [6.07, 6.45) is 0. The van der Waals surface area contributed by atoms with Crippen LogP contribution in [0.1, 0.15) is 0 Å². The molecule has 7 heteroatoms. The molecule has 138 valence electrons. The van der Waals surface area contributed by atoms with Crippen molar-refractivity contribution in [3.05, 3.63) is 53.3 Å². The molecule has 0 unspecified atom stereocenters. The Hall–Kier alpha value is -2.31. The van der Waals surface area contributed by atoms with E-state index in [1.807, 2.05) is 24.3 Å². The number of benzene rings is 2. The standard InChI is InChI=1S/C19H21ClFN3O2/c1-26-16-4-2-3-15(12-16)24-9-7-23(8-10-24)13-19(25)22-18-6-5-14(20)11-17(18)21/h2-6,11-12H,7-10,13H2,1H3,(H,22,25). The predicted molar refractivity (Wildman–Crippen MR) is 102 cm³/mol. The van der Waals surface area contributed by atoms with Crippen molar-refractivity contribution in [2.24, 2.45) is 0 Å². The molecule has 0 aromatic heterocycles. The zero-order chi connectivity index (χ0) is 18.5. The number of ether oxygens (including phenoxy) is 1. The summed E-state index contributed by atoms with van der Waals surface area (Å²) >= 11 is 5.72. The molecule has 1 amide bonds. The van der Waals surface area contributed by atoms with Gasteiger partial charge in [0.2, 0.25) is 5.91 Å². The molecular formula is C19H21ClFN3O2. The molecule has 0 radical (unpaired) electrons. The van der Waals surface area contributed by atoms with Gasteiger partial charge in [-0.25, -0.2) is 4.39 Å². The van der Waals surface area contributed by atoms with Gasteiger partial charge in [-0.15, -0.1) is 0 Å². The summed E-state index contributed by atoms with van der Waals surface area (Å²) in [4.78, 5) is 16.5. The van der Waals surface area contributed by atoms with Crippen molar-refractivity contribution < 1.29 is 13.9 Å². The predicted octanol–water partition coefficient (Wildman–Crippen LogP) is 3.25. The van der Waals surface area contributed by atoms with E-state index in [0.29, 0.717) is 5.02 Å². The first-order valence-electron chi connectivity index (χ1n) is 8.41. The van der Waals surface area contributed by atoms with E-state index in [2.05, 4.69) is 15.1 Å². The number of amides is 1. The minimum absolute atomic E-state index is 0.148. The maximum absolute atomic E-state index is 13.8. The van der Waals surface area contributed by atoms with E-state index < -0.39 is 5.82 Å². The number of carbonyl (C=O) groups excluding carboxylic acids is 1. The Labute approximate surface area is 157 Å². The second-order valence-corrected chi connectivity index (χ2v) is 6.57. The average Bonchev–Trinajstić information content (AvgIpc) is 2.65. The highest BCUT2D eigenvalue weighted by Gasteiger charge is 2.20. The van der Waals surface area contributed by atoms with E-state index in [-0.39, 0.29) is 18.1 Å². The molecule has 1 N–H and O–H groups in total. The number of nitrogens with zero attached hydrogens (tertiary/aromatic N) is 2. The lowest BCUT2D eigenvalue weighted by atomic mass is 10.2. The molecule has 1 aliphatic heterocycles. The second kappa shape index (κ2) is 8.38. The number of hydrogen-bond donors (Lipinski definition) is 1. The van der Waals surface area contributed by atoms with Crippen LogP contribution in [0.15, 0.2) is 42.5 Å². The Morgan fingerprint density at radius 2 is 1.96 bits per heavy atom. The van der Waals surface area contributed by atoms with E-state index in [9.17, 15) is 9.18 Å². The summed E-state index contributed by atoms with van der Waals surface area (Å²) in [6, 6.07) is 12.1. The van der Waals surface area contributed by atoms with Crippen molar-refractivity contribution in [1.29, 1.82) is 0 Å². The molecule has 1 aliphatic rings. The van der Waals surface area contributed by atoms with Gasteiger partial charge in [0.25, 0.3) is 0 Å². The highest BCUT2D eigenvalue weighted by molar-refractivity contribution is 6.30. The summed E-state index contributed by atoms with van der Waals surface area (Å²) in [5.74, 6) is 0.0593. The maximum atomic E-state index is 13.8. The number of hydrogen-bond acceptors (Lipinski definition) is 4. The number of carbonyl (C=O) groups is 1. The summed E-state index contributed by atoms with van der Waals surface area (Å²) in [7, 11) is 1.65. The Morgan fingerprint density at radius 3 is 2.65 bits per heavy atom. The highest BCUT2D eigenvalue weighted by Crippen LogP contribution is 2.22. The molecule has 5 nitrogen and oxygen atoms in total. The van der Waals surface area contributed by atoms with Crippen LogP contribution in [0, 0.1) is 5.82 Å². The highest BCUT2D eigenvalue weighted by atomic mass is 35.5. The first kappa shape index (κ1) is 18.5. The number of rotatable bonds is 5. The maximum Gasteiger partial charge on any atom is 0.238 e. The van der Waals surface area contributed by atoms with E-state index in [0.717, 1.165) is 37.6 Å². The van der Waals surface area contributed by atoms with Crippen molar-refractivity contribution in [1.82, 2.24) is 4.90 Å². The largest absolute Gasteiger partial charge is 0.497 e. The number of halogens is 2. The lowest BCUT2D eigenvalue weighted by Crippen LogP contribution is -2.48. The van der Waals surface area contributed by atoms with Crippen LogP contribution < -0.4 is 15.0 Å². The Kier molecular flexibility index (Phi) is 5.96. The average molecular weight is 378 g/mol. The van der Waals surface area contributed by atoms with Crippen LogP contribution >= 0.6 is 11.6 Å². The molecule has 26 heavy (non-hydrogen) atoms. The van der Waals surface area contributed by atoms with Crippen molar-refractivity contribution >= 4 is 28.9 Å². The topological polar surface area (TPSA) is 44.8 Å². The molecule has 0 atom stereocenters. The Balaban J connectivity index is 1.51. The van der Waals surface area contributed by atoms with Gasteiger partial charge in [-0.1, -0.05) is 17.7 Å². The van der Waals surface area contributed by atoms with Crippen LogP contribution in [0.25, 0.3) is 0 Å². The molecule has 1 heterocycles. The minimum Gasteiger partial charge on any atom is -0.497 e. The molecule has 0 spiro atoms. The molecule has 1 saturated heterocycles. The lowest BCUT2D eigenvalue weighted by molar-refractivity contribution is -0.117. The van der Waals surface area contributed by atoms with E-state index in [1.165, 1.54) is 12.1 Å². The number of methoxy groups -OCH3 is 1. The van der Waals surface area contributed by atoms with Gasteiger partial charge in [0, 0.05) is 43.0 Å². The van der Waals surface area contributed by atoms with Crippen LogP contribution in [0.3, 0.4) is 0 Å². The van der Waals surface area contributed by atoms with Gasteiger partial charge in [-0.3, -0.25) is 9.69 Å². The van der Waals surface area contributed by atoms with Gasteiger partial charge >= 0.3 is 0 Å². The van der Waals surface area contributed by atoms with Gasteiger partial charge in [0.05, 0.1) is 19.3 Å². The smallest absolute Gasteiger partial charge is 0.238 e. The molecule has 0 bridgehead atoms. The summed E-state index contributed by atoms with van der Waals surface area (Å²) in [6.45, 7) is 3.38. The molecule has 0 saturated carbocycles. The second-order valence-electron chi connectivity index (χ2n) is 6.14. The van der Waals surface area contributed by atoms with Crippen LogP contribution in [-0.2, 0) is 4.79 Å². The van der Waals surface area contributed by atoms with Crippen molar-refractivity contribution in [2.75, 3.05) is 50.1 Å². The number of piperazine rings is 1. The summed E-state index contributed by atoms with van der Waals surface area (Å²) < 4.78 is 19.0. The third-order valence-corrected chi connectivity index (χ3v) is 4.60. The first-order valence-corrected chi connectivity index (χ1v) is 8.79. The minimum atomic E-state index is -0.534. The van der Waals surface area contributed by atoms with Crippen LogP contribution in [-0.4, -0.2) is 50.6 Å². The van der Waals surface area contributed by atoms with Crippen LogP contribution in [0.5, 0.6) is 5.75 Å². The molecule has 2 aromatic rings. The van der Waals surface area contributed by atoms with E-state index in [1.54, 1.807) is 13.2 Å².